The summed E-state index contributed by atoms with van der Waals surface area (Å²) in [5.74, 6) is -2.05. The summed E-state index contributed by atoms with van der Waals surface area (Å²) in [4.78, 5) is 20.1. The minimum absolute atomic E-state index is 0.0569. The summed E-state index contributed by atoms with van der Waals surface area (Å²) in [6, 6.07) is 8.12. The van der Waals surface area contributed by atoms with E-state index in [0.717, 1.165) is 18.4 Å². The number of rotatable bonds is 6. The minimum Gasteiger partial charge on any atom is -0.443 e. The van der Waals surface area contributed by atoms with Gasteiger partial charge in [0.15, 0.2) is 9.84 Å². The third-order valence-corrected chi connectivity index (χ3v) is 9.61. The van der Waals surface area contributed by atoms with Crippen molar-refractivity contribution in [1.29, 1.82) is 0 Å². The predicted molar refractivity (Wildman–Crippen MR) is 152 cm³/mol. The normalized spacial score (nSPS) is 17.8. The summed E-state index contributed by atoms with van der Waals surface area (Å²) in [7, 11) is -3.36. The van der Waals surface area contributed by atoms with E-state index in [1.807, 2.05) is 0 Å². The van der Waals surface area contributed by atoms with E-state index in [0.29, 0.717) is 17.0 Å². The summed E-state index contributed by atoms with van der Waals surface area (Å²) >= 11 is 13.4. The van der Waals surface area contributed by atoms with Gasteiger partial charge in [-0.05, 0) is 63.3 Å². The van der Waals surface area contributed by atoms with Gasteiger partial charge in [0.25, 0.3) is 5.92 Å². The molecule has 0 radical (unpaired) electrons. The molecule has 0 N–H and O–H groups in total. The van der Waals surface area contributed by atoms with Crippen molar-refractivity contribution in [3.63, 3.8) is 0 Å². The van der Waals surface area contributed by atoms with Gasteiger partial charge in [0.2, 0.25) is 0 Å². The van der Waals surface area contributed by atoms with Crippen molar-refractivity contribution in [3.8, 4) is 0 Å². The third kappa shape index (κ3) is 6.24. The van der Waals surface area contributed by atoms with Crippen molar-refractivity contribution in [2.24, 2.45) is 5.92 Å². The first kappa shape index (κ1) is 29.1. The number of halogens is 4. The molecule has 5 rings (SSSR count). The van der Waals surface area contributed by atoms with Gasteiger partial charge in [0.05, 0.1) is 31.9 Å². The smallest absolute Gasteiger partial charge is 0.420 e. The molecule has 2 heterocycles. The molecule has 12 heteroatoms. The summed E-state index contributed by atoms with van der Waals surface area (Å²) in [6.07, 6.45) is 0.694. The second-order valence-electron chi connectivity index (χ2n) is 11.6. The number of piperidine rings is 1. The number of fused-ring (bicyclic) bond motifs is 1. The Morgan fingerprint density at radius 2 is 1.75 bits per heavy atom. The number of hydrogen-bond donors (Lipinski definition) is 0. The number of alkyl halides is 2. The van der Waals surface area contributed by atoms with Crippen LogP contribution in [0.4, 0.5) is 19.3 Å². The Bertz CT molecular complexity index is 1550. The number of benzene rings is 2. The van der Waals surface area contributed by atoms with Crippen LogP contribution in [0, 0.1) is 5.92 Å². The topological polar surface area (TPSA) is 81.5 Å². The van der Waals surface area contributed by atoms with Crippen LogP contribution < -0.4 is 4.90 Å². The number of nitrogens with zero attached hydrogens (tertiary/aromatic N) is 3. The fourth-order valence-corrected chi connectivity index (χ4v) is 7.33. The third-order valence-electron chi connectivity index (χ3n) is 7.06. The SMILES string of the molecule is CC(C)(C)OC(=O)n1c(Cc2ccc(S(=O)(=O)CC3CC3)cc2)nc2cc(Cl)c(N3CCC(F)(F)CC3)c(Cl)c21. The summed E-state index contributed by atoms with van der Waals surface area (Å²) in [6.45, 7) is 5.33. The van der Waals surface area contributed by atoms with Crippen LogP contribution in [0.3, 0.4) is 0 Å². The van der Waals surface area contributed by atoms with Crippen molar-refractivity contribution < 1.29 is 26.7 Å². The van der Waals surface area contributed by atoms with E-state index < -0.39 is 27.5 Å². The number of ether oxygens (including phenoxy) is 1. The van der Waals surface area contributed by atoms with Gasteiger partial charge in [-0.1, -0.05) is 35.3 Å². The average Bonchev–Trinajstić information content (AvgIpc) is 3.56. The fraction of sp³-hybridized carbons (Fsp3) is 0.500. The number of carbonyl (C=O) groups excluding carboxylic acids is 1. The van der Waals surface area contributed by atoms with Crippen molar-refractivity contribution in [3.05, 3.63) is 51.8 Å². The second kappa shape index (κ2) is 10.4. The zero-order valence-electron chi connectivity index (χ0n) is 22.5. The van der Waals surface area contributed by atoms with Crippen molar-refractivity contribution in [1.82, 2.24) is 9.55 Å². The molecule has 0 spiro atoms. The molecular formula is C28H31Cl2F2N3O4S. The first-order valence-electron chi connectivity index (χ1n) is 13.2. The molecule has 0 atom stereocenters. The molecule has 0 bridgehead atoms. The highest BCUT2D eigenvalue weighted by atomic mass is 35.5. The number of aromatic nitrogens is 2. The van der Waals surface area contributed by atoms with Crippen LogP contribution in [0.1, 0.15) is 57.8 Å². The van der Waals surface area contributed by atoms with E-state index in [1.165, 1.54) is 4.57 Å². The molecule has 1 aliphatic heterocycles. The number of sulfone groups is 1. The number of hydrogen-bond acceptors (Lipinski definition) is 6. The Morgan fingerprint density at radius 3 is 2.33 bits per heavy atom. The Labute approximate surface area is 242 Å². The van der Waals surface area contributed by atoms with Crippen LogP contribution in [-0.2, 0) is 21.0 Å². The van der Waals surface area contributed by atoms with Gasteiger partial charge in [-0.25, -0.2) is 31.5 Å². The van der Waals surface area contributed by atoms with Crippen molar-refractivity contribution >= 4 is 55.9 Å². The van der Waals surface area contributed by atoms with Gasteiger partial charge >= 0.3 is 6.09 Å². The predicted octanol–water partition coefficient (Wildman–Crippen LogP) is 7.14. The molecule has 2 fully saturated rings. The van der Waals surface area contributed by atoms with Crippen molar-refractivity contribution in [2.45, 2.75) is 69.3 Å². The molecular weight excluding hydrogens is 583 g/mol. The second-order valence-corrected chi connectivity index (χ2v) is 14.4. The molecule has 1 aromatic heterocycles. The van der Waals surface area contributed by atoms with Gasteiger partial charge in [0.1, 0.15) is 16.9 Å². The van der Waals surface area contributed by atoms with E-state index in [4.69, 9.17) is 27.9 Å². The lowest BCUT2D eigenvalue weighted by molar-refractivity contribution is -0.0220. The Morgan fingerprint density at radius 1 is 1.12 bits per heavy atom. The molecule has 216 valence electrons. The number of anilines is 1. The zero-order chi connectivity index (χ0) is 29.0. The molecule has 1 aliphatic carbocycles. The fourth-order valence-electron chi connectivity index (χ4n) is 4.86. The molecule has 2 aromatic carbocycles. The highest BCUT2D eigenvalue weighted by Crippen LogP contribution is 2.43. The lowest BCUT2D eigenvalue weighted by Crippen LogP contribution is -2.39. The van der Waals surface area contributed by atoms with Gasteiger partial charge in [0, 0.05) is 32.4 Å². The molecule has 3 aromatic rings. The van der Waals surface area contributed by atoms with E-state index in [9.17, 15) is 22.0 Å². The summed E-state index contributed by atoms with van der Waals surface area (Å²) < 4.78 is 60.0. The highest BCUT2D eigenvalue weighted by Gasteiger charge is 2.36. The Balaban J connectivity index is 1.54. The van der Waals surface area contributed by atoms with E-state index in [-0.39, 0.29) is 64.5 Å². The standard InChI is InChI=1S/C28H31Cl2F2N3O4S/c1-27(2,3)39-26(36)35-22(14-17-6-8-19(9-7-17)40(37,38)16-18-4-5-18)33-21-15-20(29)24(23(30)25(21)35)34-12-10-28(31,32)11-13-34/h6-9,15,18H,4-5,10-14,16H2,1-3H3. The van der Waals surface area contributed by atoms with Crippen molar-refractivity contribution in [2.75, 3.05) is 23.7 Å². The largest absolute Gasteiger partial charge is 0.443 e. The molecule has 2 aliphatic rings. The molecule has 7 nitrogen and oxygen atoms in total. The maximum atomic E-state index is 13.8. The van der Waals surface area contributed by atoms with E-state index in [1.54, 1.807) is 56.0 Å². The van der Waals surface area contributed by atoms with Crippen LogP contribution in [0.5, 0.6) is 0 Å². The maximum Gasteiger partial charge on any atom is 0.420 e. The van der Waals surface area contributed by atoms with E-state index in [2.05, 4.69) is 4.98 Å². The average molecular weight is 615 g/mol. The molecule has 1 saturated carbocycles. The Kier molecular flexibility index (Phi) is 7.59. The molecule has 0 amide bonds. The van der Waals surface area contributed by atoms with Crippen LogP contribution in [0.15, 0.2) is 35.2 Å². The maximum absolute atomic E-state index is 13.8. The van der Waals surface area contributed by atoms with Crippen LogP contribution in [-0.4, -0.2) is 54.4 Å². The number of imidazole rings is 1. The monoisotopic (exact) mass is 613 g/mol. The first-order chi connectivity index (χ1) is 18.6. The Hall–Kier alpha value is -2.43. The van der Waals surface area contributed by atoms with Gasteiger partial charge in [-0.3, -0.25) is 0 Å². The van der Waals surface area contributed by atoms with Gasteiger partial charge < -0.3 is 9.64 Å². The highest BCUT2D eigenvalue weighted by molar-refractivity contribution is 7.91. The molecule has 0 unspecified atom stereocenters. The van der Waals surface area contributed by atoms with Gasteiger partial charge in [-0.2, -0.15) is 0 Å². The zero-order valence-corrected chi connectivity index (χ0v) is 24.8. The molecule has 1 saturated heterocycles. The quantitative estimate of drug-likeness (QED) is 0.294. The van der Waals surface area contributed by atoms with E-state index >= 15 is 0 Å². The van der Waals surface area contributed by atoms with Crippen LogP contribution in [0.2, 0.25) is 10.0 Å². The van der Waals surface area contributed by atoms with Gasteiger partial charge in [-0.15, -0.1) is 0 Å². The van der Waals surface area contributed by atoms with Crippen LogP contribution >= 0.6 is 23.2 Å². The minimum atomic E-state index is -3.36. The first-order valence-corrected chi connectivity index (χ1v) is 15.6. The van der Waals surface area contributed by atoms with Crippen LogP contribution in [0.25, 0.3) is 11.0 Å². The number of carbonyl (C=O) groups is 1. The lowest BCUT2D eigenvalue weighted by Gasteiger charge is -2.34. The summed E-state index contributed by atoms with van der Waals surface area (Å²) in [5.41, 5.74) is 0.902. The lowest BCUT2D eigenvalue weighted by atomic mass is 10.1. The molecule has 40 heavy (non-hydrogen) atoms. The summed E-state index contributed by atoms with van der Waals surface area (Å²) in [5, 5.41) is 0.368.